The van der Waals surface area contributed by atoms with Crippen molar-refractivity contribution in [2.45, 2.75) is 0 Å². The van der Waals surface area contributed by atoms with Crippen molar-refractivity contribution in [1.29, 1.82) is 0 Å². The van der Waals surface area contributed by atoms with Crippen LogP contribution < -0.4 is 4.90 Å². The number of benzene rings is 9. The fourth-order valence-electron chi connectivity index (χ4n) is 7.68. The molecule has 1 heterocycles. The molecule has 0 unspecified atom stereocenters. The van der Waals surface area contributed by atoms with Gasteiger partial charge in [0.05, 0.1) is 5.69 Å². The van der Waals surface area contributed by atoms with Crippen LogP contribution in [-0.4, -0.2) is 0 Å². The molecular weight excluding hydrogens is 607 g/mol. The van der Waals surface area contributed by atoms with Crippen LogP contribution >= 0.6 is 0 Å². The smallest absolute Gasteiger partial charge is 0.143 e. The number of anilines is 3. The summed E-state index contributed by atoms with van der Waals surface area (Å²) in [6.07, 6.45) is 0. The minimum Gasteiger partial charge on any atom is -0.455 e. The summed E-state index contributed by atoms with van der Waals surface area (Å²) in [6.45, 7) is 0. The van der Waals surface area contributed by atoms with Crippen LogP contribution in [0, 0.1) is 0 Å². The van der Waals surface area contributed by atoms with Crippen molar-refractivity contribution in [1.82, 2.24) is 0 Å². The fourth-order valence-corrected chi connectivity index (χ4v) is 7.68. The van der Waals surface area contributed by atoms with Gasteiger partial charge in [-0.25, -0.2) is 0 Å². The van der Waals surface area contributed by atoms with Gasteiger partial charge < -0.3 is 9.32 Å². The lowest BCUT2D eigenvalue weighted by atomic mass is 9.91. The lowest BCUT2D eigenvalue weighted by Gasteiger charge is -2.28. The molecule has 0 aliphatic heterocycles. The molecule has 2 heteroatoms. The predicted octanol–water partition coefficient (Wildman–Crippen LogP) is 13.8. The molecule has 0 saturated carbocycles. The molecule has 10 rings (SSSR count). The SMILES string of the molecule is c1ccc(-c2ccccc2-c2cccc3oc4c5ccccc5c(N(c5ccc6ccccc6c5)c5ccc6ccccc6c5)cc4c23)cc1. The lowest BCUT2D eigenvalue weighted by Crippen LogP contribution is -2.10. The normalized spacial score (nSPS) is 11.6. The molecule has 0 N–H and O–H groups in total. The summed E-state index contributed by atoms with van der Waals surface area (Å²) in [6, 6.07) is 67.5. The van der Waals surface area contributed by atoms with Crippen molar-refractivity contribution in [3.05, 3.63) is 188 Å². The van der Waals surface area contributed by atoms with Gasteiger partial charge in [0, 0.05) is 32.9 Å². The highest BCUT2D eigenvalue weighted by Crippen LogP contribution is 2.47. The van der Waals surface area contributed by atoms with Crippen molar-refractivity contribution in [2.75, 3.05) is 4.90 Å². The first-order chi connectivity index (χ1) is 24.8. The molecule has 0 atom stereocenters. The van der Waals surface area contributed by atoms with Crippen LogP contribution in [0.25, 0.3) is 76.5 Å². The Morgan fingerprint density at radius 2 is 0.920 bits per heavy atom. The van der Waals surface area contributed by atoms with E-state index in [1.807, 2.05) is 0 Å². The Kier molecular flexibility index (Phi) is 6.53. The predicted molar refractivity (Wildman–Crippen MR) is 212 cm³/mol. The molecule has 0 aliphatic carbocycles. The molecule has 0 saturated heterocycles. The summed E-state index contributed by atoms with van der Waals surface area (Å²) in [5.74, 6) is 0. The molecule has 0 spiro atoms. The first-order valence-electron chi connectivity index (χ1n) is 17.1. The Morgan fingerprint density at radius 1 is 0.360 bits per heavy atom. The molecule has 9 aromatic carbocycles. The van der Waals surface area contributed by atoms with Gasteiger partial charge in [0.15, 0.2) is 0 Å². The summed E-state index contributed by atoms with van der Waals surface area (Å²) in [7, 11) is 0. The molecule has 0 aliphatic rings. The largest absolute Gasteiger partial charge is 0.455 e. The Morgan fingerprint density at radius 3 is 1.62 bits per heavy atom. The van der Waals surface area contributed by atoms with E-state index in [1.165, 1.54) is 38.2 Å². The van der Waals surface area contributed by atoms with Gasteiger partial charge in [-0.05, 0) is 80.2 Å². The Labute approximate surface area is 290 Å². The van der Waals surface area contributed by atoms with Crippen LogP contribution in [-0.2, 0) is 0 Å². The zero-order valence-corrected chi connectivity index (χ0v) is 27.3. The van der Waals surface area contributed by atoms with Crippen LogP contribution in [0.2, 0.25) is 0 Å². The van der Waals surface area contributed by atoms with Crippen LogP contribution in [0.5, 0.6) is 0 Å². The van der Waals surface area contributed by atoms with Crippen molar-refractivity contribution in [2.24, 2.45) is 0 Å². The van der Waals surface area contributed by atoms with Gasteiger partial charge >= 0.3 is 0 Å². The van der Waals surface area contributed by atoms with Crippen LogP contribution in [0.4, 0.5) is 17.1 Å². The summed E-state index contributed by atoms with van der Waals surface area (Å²) in [5.41, 5.74) is 9.83. The average Bonchev–Trinajstić information content (AvgIpc) is 3.57. The summed E-state index contributed by atoms with van der Waals surface area (Å²) < 4.78 is 6.82. The van der Waals surface area contributed by atoms with E-state index in [-0.39, 0.29) is 0 Å². The molecule has 10 aromatic rings. The van der Waals surface area contributed by atoms with E-state index < -0.39 is 0 Å². The second-order valence-electron chi connectivity index (χ2n) is 12.9. The minimum absolute atomic E-state index is 0.880. The molecule has 50 heavy (non-hydrogen) atoms. The van der Waals surface area contributed by atoms with E-state index in [0.717, 1.165) is 55.3 Å². The third kappa shape index (κ3) is 4.57. The van der Waals surface area contributed by atoms with Crippen LogP contribution in [0.15, 0.2) is 192 Å². The van der Waals surface area contributed by atoms with E-state index in [1.54, 1.807) is 0 Å². The zero-order valence-electron chi connectivity index (χ0n) is 27.3. The second-order valence-corrected chi connectivity index (χ2v) is 12.9. The van der Waals surface area contributed by atoms with Gasteiger partial charge in [0.1, 0.15) is 11.2 Å². The van der Waals surface area contributed by atoms with E-state index in [4.69, 9.17) is 4.42 Å². The van der Waals surface area contributed by atoms with Gasteiger partial charge in [0.25, 0.3) is 0 Å². The van der Waals surface area contributed by atoms with Crippen molar-refractivity contribution in [3.63, 3.8) is 0 Å². The summed E-state index contributed by atoms with van der Waals surface area (Å²) >= 11 is 0. The number of hydrogen-bond donors (Lipinski definition) is 0. The maximum absolute atomic E-state index is 6.82. The highest BCUT2D eigenvalue weighted by atomic mass is 16.3. The third-order valence-corrected chi connectivity index (χ3v) is 10.0. The molecule has 0 bridgehead atoms. The van der Waals surface area contributed by atoms with E-state index in [0.29, 0.717) is 0 Å². The van der Waals surface area contributed by atoms with Gasteiger partial charge in [-0.1, -0.05) is 152 Å². The lowest BCUT2D eigenvalue weighted by molar-refractivity contribution is 0.673. The molecular formula is C48H31NO. The quantitative estimate of drug-likeness (QED) is 0.187. The monoisotopic (exact) mass is 637 g/mol. The number of fused-ring (bicyclic) bond motifs is 7. The first-order valence-corrected chi connectivity index (χ1v) is 17.1. The standard InChI is InChI=1S/C48H31NO/c1-2-15-34(16-3-1)39-19-8-9-20-40(39)42-23-12-24-46-47(42)44-31-45(41-21-10-11-22-43(41)48(44)50-46)49(37-27-25-32-13-4-6-17-35(32)29-37)38-28-26-33-14-5-7-18-36(33)30-38/h1-31H. The Balaban J connectivity index is 1.30. The van der Waals surface area contributed by atoms with Crippen LogP contribution in [0.1, 0.15) is 0 Å². The molecule has 234 valence electrons. The van der Waals surface area contributed by atoms with Crippen molar-refractivity contribution in [3.8, 4) is 22.3 Å². The number of nitrogens with zero attached hydrogens (tertiary/aromatic N) is 1. The van der Waals surface area contributed by atoms with Gasteiger partial charge in [-0.2, -0.15) is 0 Å². The third-order valence-electron chi connectivity index (χ3n) is 10.0. The minimum atomic E-state index is 0.880. The topological polar surface area (TPSA) is 16.4 Å². The van der Waals surface area contributed by atoms with E-state index >= 15 is 0 Å². The van der Waals surface area contributed by atoms with E-state index in [9.17, 15) is 0 Å². The van der Waals surface area contributed by atoms with Crippen LogP contribution in [0.3, 0.4) is 0 Å². The summed E-state index contributed by atoms with van der Waals surface area (Å²) in [5, 5.41) is 9.28. The Bertz CT molecular complexity index is 2800. The van der Waals surface area contributed by atoms with Crippen molar-refractivity contribution < 1.29 is 4.42 Å². The van der Waals surface area contributed by atoms with E-state index in [2.05, 4.69) is 193 Å². The second kappa shape index (κ2) is 11.5. The Hall–Kier alpha value is -6.64. The average molecular weight is 638 g/mol. The molecule has 2 nitrogen and oxygen atoms in total. The molecule has 0 fully saturated rings. The highest BCUT2D eigenvalue weighted by molar-refractivity contribution is 6.23. The number of hydrogen-bond acceptors (Lipinski definition) is 2. The number of furan rings is 1. The number of rotatable bonds is 5. The van der Waals surface area contributed by atoms with Crippen molar-refractivity contribution >= 4 is 71.3 Å². The highest BCUT2D eigenvalue weighted by Gasteiger charge is 2.22. The maximum atomic E-state index is 6.82. The maximum Gasteiger partial charge on any atom is 0.143 e. The molecule has 1 aromatic heterocycles. The zero-order chi connectivity index (χ0) is 33.0. The molecule has 0 radical (unpaired) electrons. The fraction of sp³-hybridized carbons (Fsp3) is 0. The summed E-state index contributed by atoms with van der Waals surface area (Å²) in [4.78, 5) is 2.42. The molecule has 0 amide bonds. The van der Waals surface area contributed by atoms with Gasteiger partial charge in [0.2, 0.25) is 0 Å². The van der Waals surface area contributed by atoms with Gasteiger partial charge in [-0.3, -0.25) is 0 Å². The first kappa shape index (κ1) is 28.4. The van der Waals surface area contributed by atoms with Gasteiger partial charge in [-0.15, -0.1) is 0 Å².